The number of amides is 1. The van der Waals surface area contributed by atoms with Crippen molar-refractivity contribution in [1.29, 1.82) is 5.26 Å². The van der Waals surface area contributed by atoms with E-state index in [1.165, 1.54) is 0 Å². The van der Waals surface area contributed by atoms with Crippen molar-refractivity contribution in [3.8, 4) is 6.07 Å². The number of rotatable bonds is 2. The highest BCUT2D eigenvalue weighted by Crippen LogP contribution is 2.14. The van der Waals surface area contributed by atoms with Crippen LogP contribution in [0.15, 0.2) is 18.2 Å². The summed E-state index contributed by atoms with van der Waals surface area (Å²) in [4.78, 5) is 11.5. The van der Waals surface area contributed by atoms with Crippen LogP contribution in [0.2, 0.25) is 0 Å². The number of carbonyl (C=O) groups excluding carboxylic acids is 1. The number of nitrogens with zero attached hydrogens (tertiary/aromatic N) is 1. The molecule has 0 saturated carbocycles. The molecule has 0 aliphatic carbocycles. The number of carbonyl (C=O) groups is 1. The Morgan fingerprint density at radius 3 is 3.00 bits per heavy atom. The SMILES string of the molecule is Cc1c(N)cccc1C(=O)NCC#N. The molecule has 0 aliphatic heterocycles. The molecule has 0 heterocycles. The molecule has 1 aromatic carbocycles. The van der Waals surface area contributed by atoms with E-state index in [1.807, 2.05) is 6.07 Å². The molecule has 0 fully saturated rings. The number of nitriles is 1. The number of nitrogen functional groups attached to an aromatic ring is 1. The second-order valence-electron chi connectivity index (χ2n) is 2.86. The van der Waals surface area contributed by atoms with Gasteiger partial charge in [-0.05, 0) is 24.6 Å². The quantitative estimate of drug-likeness (QED) is 0.534. The first-order valence-corrected chi connectivity index (χ1v) is 4.17. The summed E-state index contributed by atoms with van der Waals surface area (Å²) in [6.07, 6.45) is 0. The molecule has 4 nitrogen and oxygen atoms in total. The maximum Gasteiger partial charge on any atom is 0.252 e. The third-order valence-electron chi connectivity index (χ3n) is 1.95. The maximum absolute atomic E-state index is 11.5. The Morgan fingerprint density at radius 2 is 2.36 bits per heavy atom. The molecule has 0 aromatic heterocycles. The van der Waals surface area contributed by atoms with Crippen LogP contribution in [0.4, 0.5) is 5.69 Å². The summed E-state index contributed by atoms with van der Waals surface area (Å²) >= 11 is 0. The van der Waals surface area contributed by atoms with E-state index in [9.17, 15) is 4.79 Å². The van der Waals surface area contributed by atoms with E-state index in [0.717, 1.165) is 5.56 Å². The topological polar surface area (TPSA) is 78.9 Å². The van der Waals surface area contributed by atoms with Crippen molar-refractivity contribution < 1.29 is 4.79 Å². The van der Waals surface area contributed by atoms with Crippen LogP contribution in [0.25, 0.3) is 0 Å². The Labute approximate surface area is 82.3 Å². The molecule has 14 heavy (non-hydrogen) atoms. The number of benzene rings is 1. The minimum atomic E-state index is -0.267. The predicted octanol–water partition coefficient (Wildman–Crippen LogP) is 0.831. The Kier molecular flexibility index (Phi) is 3.08. The van der Waals surface area contributed by atoms with Gasteiger partial charge in [0, 0.05) is 11.3 Å². The van der Waals surface area contributed by atoms with Crippen molar-refractivity contribution in [2.45, 2.75) is 6.92 Å². The lowest BCUT2D eigenvalue weighted by molar-refractivity contribution is 0.0958. The maximum atomic E-state index is 11.5. The van der Waals surface area contributed by atoms with Gasteiger partial charge in [-0.15, -0.1) is 0 Å². The summed E-state index contributed by atoms with van der Waals surface area (Å²) in [7, 11) is 0. The number of hydrogen-bond acceptors (Lipinski definition) is 3. The standard InChI is InChI=1S/C10H11N3O/c1-7-8(3-2-4-9(7)12)10(14)13-6-5-11/h2-4H,6,12H2,1H3,(H,13,14). The van der Waals surface area contributed by atoms with Crippen molar-refractivity contribution in [2.75, 3.05) is 12.3 Å². The molecular formula is C10H11N3O. The van der Waals surface area contributed by atoms with Crippen LogP contribution in [0, 0.1) is 18.3 Å². The van der Waals surface area contributed by atoms with E-state index >= 15 is 0 Å². The van der Waals surface area contributed by atoms with Crippen LogP contribution in [0.3, 0.4) is 0 Å². The van der Waals surface area contributed by atoms with Crippen LogP contribution in [-0.4, -0.2) is 12.5 Å². The number of hydrogen-bond donors (Lipinski definition) is 2. The molecule has 1 aromatic rings. The van der Waals surface area contributed by atoms with Crippen LogP contribution >= 0.6 is 0 Å². The number of nitrogens with two attached hydrogens (primary N) is 1. The van der Waals surface area contributed by atoms with Crippen molar-refractivity contribution in [3.05, 3.63) is 29.3 Å². The third kappa shape index (κ3) is 2.02. The van der Waals surface area contributed by atoms with Gasteiger partial charge in [0.2, 0.25) is 0 Å². The van der Waals surface area contributed by atoms with Gasteiger partial charge in [-0.2, -0.15) is 5.26 Å². The van der Waals surface area contributed by atoms with Crippen LogP contribution in [0.1, 0.15) is 15.9 Å². The summed E-state index contributed by atoms with van der Waals surface area (Å²) < 4.78 is 0. The molecule has 1 rings (SSSR count). The summed E-state index contributed by atoms with van der Waals surface area (Å²) in [6.45, 7) is 1.78. The van der Waals surface area contributed by atoms with Gasteiger partial charge in [-0.3, -0.25) is 4.79 Å². The normalized spacial score (nSPS) is 9.14. The highest BCUT2D eigenvalue weighted by atomic mass is 16.1. The molecule has 0 unspecified atom stereocenters. The van der Waals surface area contributed by atoms with Gasteiger partial charge in [0.1, 0.15) is 6.54 Å². The first-order valence-electron chi connectivity index (χ1n) is 4.17. The Hall–Kier alpha value is -2.02. The first kappa shape index (κ1) is 10.1. The lowest BCUT2D eigenvalue weighted by Gasteiger charge is -2.06. The summed E-state index contributed by atoms with van der Waals surface area (Å²) in [5.41, 5.74) is 7.47. The van der Waals surface area contributed by atoms with Crippen molar-refractivity contribution in [2.24, 2.45) is 0 Å². The van der Waals surface area contributed by atoms with Gasteiger partial charge in [-0.1, -0.05) is 6.07 Å². The Morgan fingerprint density at radius 1 is 1.64 bits per heavy atom. The van der Waals surface area contributed by atoms with Gasteiger partial charge < -0.3 is 11.1 Å². The zero-order valence-electron chi connectivity index (χ0n) is 7.87. The molecule has 0 spiro atoms. The Balaban J connectivity index is 2.91. The van der Waals surface area contributed by atoms with Crippen LogP contribution in [-0.2, 0) is 0 Å². The van der Waals surface area contributed by atoms with E-state index in [2.05, 4.69) is 5.32 Å². The second-order valence-corrected chi connectivity index (χ2v) is 2.86. The molecule has 0 bridgehead atoms. The molecule has 3 N–H and O–H groups in total. The van der Waals surface area contributed by atoms with Gasteiger partial charge >= 0.3 is 0 Å². The fraction of sp³-hybridized carbons (Fsp3) is 0.200. The molecule has 72 valence electrons. The van der Waals surface area contributed by atoms with E-state index in [-0.39, 0.29) is 12.5 Å². The van der Waals surface area contributed by atoms with Gasteiger partial charge in [0.05, 0.1) is 6.07 Å². The first-order chi connectivity index (χ1) is 6.66. The predicted molar refractivity (Wildman–Crippen MR) is 53.5 cm³/mol. The fourth-order valence-corrected chi connectivity index (χ4v) is 1.11. The molecule has 0 saturated heterocycles. The summed E-state index contributed by atoms with van der Waals surface area (Å²) in [5, 5.41) is 10.8. The zero-order chi connectivity index (χ0) is 10.6. The highest BCUT2D eigenvalue weighted by molar-refractivity contribution is 5.96. The number of nitrogens with one attached hydrogen (secondary N) is 1. The average Bonchev–Trinajstić information content (AvgIpc) is 2.18. The largest absolute Gasteiger partial charge is 0.398 e. The minimum Gasteiger partial charge on any atom is -0.398 e. The van der Waals surface area contributed by atoms with Crippen molar-refractivity contribution >= 4 is 11.6 Å². The lowest BCUT2D eigenvalue weighted by atomic mass is 10.1. The average molecular weight is 189 g/mol. The lowest BCUT2D eigenvalue weighted by Crippen LogP contribution is -2.24. The minimum absolute atomic E-state index is 0.00702. The fourth-order valence-electron chi connectivity index (χ4n) is 1.11. The second kappa shape index (κ2) is 4.28. The summed E-state index contributed by atoms with van der Waals surface area (Å²) in [5.74, 6) is -0.267. The van der Waals surface area contributed by atoms with E-state index < -0.39 is 0 Å². The molecule has 0 atom stereocenters. The number of anilines is 1. The molecule has 1 amide bonds. The molecule has 4 heteroatoms. The van der Waals surface area contributed by atoms with Crippen LogP contribution in [0.5, 0.6) is 0 Å². The highest BCUT2D eigenvalue weighted by Gasteiger charge is 2.08. The zero-order valence-corrected chi connectivity index (χ0v) is 7.87. The summed E-state index contributed by atoms with van der Waals surface area (Å²) in [6, 6.07) is 6.96. The third-order valence-corrected chi connectivity index (χ3v) is 1.95. The van der Waals surface area contributed by atoms with Gasteiger partial charge in [0.25, 0.3) is 5.91 Å². The molecule has 0 radical (unpaired) electrons. The smallest absolute Gasteiger partial charge is 0.252 e. The van der Waals surface area contributed by atoms with Crippen molar-refractivity contribution in [1.82, 2.24) is 5.32 Å². The van der Waals surface area contributed by atoms with Crippen molar-refractivity contribution in [3.63, 3.8) is 0 Å². The Bertz CT molecular complexity index is 393. The molecular weight excluding hydrogens is 178 g/mol. The molecule has 0 aliphatic rings. The van der Waals surface area contributed by atoms with E-state index in [4.69, 9.17) is 11.0 Å². The van der Waals surface area contributed by atoms with E-state index in [0.29, 0.717) is 11.3 Å². The van der Waals surface area contributed by atoms with Gasteiger partial charge in [-0.25, -0.2) is 0 Å². The van der Waals surface area contributed by atoms with Gasteiger partial charge in [0.15, 0.2) is 0 Å². The van der Waals surface area contributed by atoms with E-state index in [1.54, 1.807) is 25.1 Å². The van der Waals surface area contributed by atoms with Crippen LogP contribution < -0.4 is 11.1 Å². The monoisotopic (exact) mass is 189 g/mol.